The minimum absolute atomic E-state index is 0.510. The number of aromatic nitrogens is 2. The van der Waals surface area contributed by atoms with Gasteiger partial charge < -0.3 is 15.4 Å². The normalized spacial score (nSPS) is 17.4. The summed E-state index contributed by atoms with van der Waals surface area (Å²) in [7, 11) is 3.84. The van der Waals surface area contributed by atoms with Crippen LogP contribution in [-0.2, 0) is 18.2 Å². The third kappa shape index (κ3) is 6.50. The summed E-state index contributed by atoms with van der Waals surface area (Å²) in [6, 6.07) is 0.510. The summed E-state index contributed by atoms with van der Waals surface area (Å²) in [4.78, 5) is 6.94. The largest absolute Gasteiger partial charge is 0.379 e. The molecule has 0 aliphatic carbocycles. The van der Waals surface area contributed by atoms with Crippen molar-refractivity contribution >= 4 is 5.96 Å². The van der Waals surface area contributed by atoms with Gasteiger partial charge in [0, 0.05) is 52.0 Å². The second-order valence-corrected chi connectivity index (χ2v) is 7.83. The molecule has 7 nitrogen and oxygen atoms in total. The van der Waals surface area contributed by atoms with E-state index in [0.29, 0.717) is 12.0 Å². The highest BCUT2D eigenvalue weighted by atomic mass is 16.5. The van der Waals surface area contributed by atoms with Crippen LogP contribution >= 0.6 is 0 Å². The molecule has 154 valence electrons. The van der Waals surface area contributed by atoms with E-state index in [0.717, 1.165) is 57.5 Å². The van der Waals surface area contributed by atoms with Crippen molar-refractivity contribution in [3.63, 3.8) is 0 Å². The van der Waals surface area contributed by atoms with Crippen LogP contribution in [-0.4, -0.2) is 73.1 Å². The first-order valence-corrected chi connectivity index (χ1v) is 10.2. The fourth-order valence-corrected chi connectivity index (χ4v) is 3.77. The smallest absolute Gasteiger partial charge is 0.191 e. The Balaban J connectivity index is 1.83. The van der Waals surface area contributed by atoms with Crippen molar-refractivity contribution in [1.82, 2.24) is 25.3 Å². The molecular weight excluding hydrogens is 340 g/mol. The van der Waals surface area contributed by atoms with E-state index in [1.54, 1.807) is 0 Å². The third-order valence-corrected chi connectivity index (χ3v) is 5.36. The number of aliphatic imine (C=N–C) groups is 1. The molecule has 2 N–H and O–H groups in total. The van der Waals surface area contributed by atoms with Crippen LogP contribution in [0.5, 0.6) is 0 Å². The van der Waals surface area contributed by atoms with Gasteiger partial charge in [0.05, 0.1) is 18.9 Å². The molecule has 1 aliphatic rings. The van der Waals surface area contributed by atoms with E-state index >= 15 is 0 Å². The Morgan fingerprint density at radius 1 is 1.22 bits per heavy atom. The number of rotatable bonds is 8. The van der Waals surface area contributed by atoms with E-state index in [1.807, 2.05) is 18.8 Å². The second kappa shape index (κ2) is 10.7. The summed E-state index contributed by atoms with van der Waals surface area (Å²) < 4.78 is 7.47. The molecule has 0 aromatic carbocycles. The summed E-state index contributed by atoms with van der Waals surface area (Å²) in [6.07, 6.45) is 2.13. The van der Waals surface area contributed by atoms with Gasteiger partial charge in [-0.05, 0) is 38.2 Å². The molecule has 0 saturated carbocycles. The van der Waals surface area contributed by atoms with Crippen LogP contribution in [0.4, 0.5) is 0 Å². The monoisotopic (exact) mass is 378 g/mol. The number of hydrogen-bond donors (Lipinski definition) is 2. The lowest BCUT2D eigenvalue weighted by Crippen LogP contribution is -2.51. The molecule has 2 rings (SSSR count). The summed E-state index contributed by atoms with van der Waals surface area (Å²) >= 11 is 0. The van der Waals surface area contributed by atoms with Gasteiger partial charge in [-0.3, -0.25) is 14.6 Å². The molecule has 1 unspecified atom stereocenters. The number of morpholine rings is 1. The van der Waals surface area contributed by atoms with Crippen molar-refractivity contribution in [2.24, 2.45) is 18.0 Å². The van der Waals surface area contributed by atoms with Gasteiger partial charge in [-0.1, -0.05) is 13.8 Å². The first-order chi connectivity index (χ1) is 12.9. The zero-order valence-electron chi connectivity index (χ0n) is 18.0. The number of nitrogens with zero attached hydrogens (tertiary/aromatic N) is 4. The molecule has 1 aromatic rings. The van der Waals surface area contributed by atoms with E-state index in [2.05, 4.69) is 53.3 Å². The van der Waals surface area contributed by atoms with E-state index < -0.39 is 0 Å². The summed E-state index contributed by atoms with van der Waals surface area (Å²) in [5, 5.41) is 11.5. The number of aryl methyl sites for hydroxylation is 2. The maximum atomic E-state index is 5.51. The molecule has 0 spiro atoms. The SMILES string of the molecule is CN=C(NCCc1c(C)nn(C)c1C)NCC(CC(C)C)N1CCOCC1. The average Bonchev–Trinajstić information content (AvgIpc) is 2.89. The molecule has 1 aromatic heterocycles. The van der Waals surface area contributed by atoms with E-state index in [-0.39, 0.29) is 0 Å². The Kier molecular flexibility index (Phi) is 8.57. The zero-order valence-corrected chi connectivity index (χ0v) is 18.0. The highest BCUT2D eigenvalue weighted by Gasteiger charge is 2.22. The summed E-state index contributed by atoms with van der Waals surface area (Å²) in [5.41, 5.74) is 3.68. The molecule has 7 heteroatoms. The Labute approximate surface area is 164 Å². The van der Waals surface area contributed by atoms with E-state index in [9.17, 15) is 0 Å². The Hall–Kier alpha value is -1.60. The van der Waals surface area contributed by atoms with Crippen LogP contribution in [0.2, 0.25) is 0 Å². The van der Waals surface area contributed by atoms with Crippen LogP contribution in [0.1, 0.15) is 37.2 Å². The molecule has 0 bridgehead atoms. The molecule has 0 amide bonds. The lowest BCUT2D eigenvalue weighted by molar-refractivity contribution is 0.0132. The van der Waals surface area contributed by atoms with Gasteiger partial charge in [-0.2, -0.15) is 5.10 Å². The van der Waals surface area contributed by atoms with E-state index in [1.165, 1.54) is 17.7 Å². The first-order valence-electron chi connectivity index (χ1n) is 10.2. The van der Waals surface area contributed by atoms with Crippen LogP contribution in [0.3, 0.4) is 0 Å². The number of ether oxygens (including phenoxy) is 1. The standard InChI is InChI=1S/C20H38N6O/c1-15(2)13-18(26-9-11-27-12-10-26)14-23-20(21-5)22-8-7-19-16(3)24-25(6)17(19)4/h15,18H,7-14H2,1-6H3,(H2,21,22,23). The average molecular weight is 379 g/mol. The van der Waals surface area contributed by atoms with Gasteiger partial charge in [0.2, 0.25) is 0 Å². The topological polar surface area (TPSA) is 66.7 Å². The first kappa shape index (κ1) is 21.7. The van der Waals surface area contributed by atoms with Gasteiger partial charge >= 0.3 is 0 Å². The van der Waals surface area contributed by atoms with Gasteiger partial charge in [-0.15, -0.1) is 0 Å². The van der Waals surface area contributed by atoms with Gasteiger partial charge in [0.15, 0.2) is 5.96 Å². The van der Waals surface area contributed by atoms with Crippen molar-refractivity contribution < 1.29 is 4.74 Å². The molecule has 1 aliphatic heterocycles. The lowest BCUT2D eigenvalue weighted by atomic mass is 10.0. The van der Waals surface area contributed by atoms with Crippen LogP contribution in [0.25, 0.3) is 0 Å². The van der Waals surface area contributed by atoms with Gasteiger partial charge in [0.25, 0.3) is 0 Å². The summed E-state index contributed by atoms with van der Waals surface area (Å²) in [5.74, 6) is 1.54. The van der Waals surface area contributed by atoms with Crippen molar-refractivity contribution in [3.05, 3.63) is 17.0 Å². The quantitative estimate of drug-likeness (QED) is 0.530. The predicted octanol–water partition coefficient (Wildman–Crippen LogP) is 1.49. The lowest BCUT2D eigenvalue weighted by Gasteiger charge is -2.35. The number of guanidine groups is 1. The maximum absolute atomic E-state index is 5.51. The minimum atomic E-state index is 0.510. The zero-order chi connectivity index (χ0) is 19.8. The molecule has 1 atom stereocenters. The van der Waals surface area contributed by atoms with Gasteiger partial charge in [-0.25, -0.2) is 0 Å². The van der Waals surface area contributed by atoms with Crippen LogP contribution < -0.4 is 10.6 Å². The minimum Gasteiger partial charge on any atom is -0.379 e. The molecule has 1 fully saturated rings. The van der Waals surface area contributed by atoms with Crippen molar-refractivity contribution in [3.8, 4) is 0 Å². The fourth-order valence-electron chi connectivity index (χ4n) is 3.77. The van der Waals surface area contributed by atoms with Crippen molar-refractivity contribution in [2.75, 3.05) is 46.4 Å². The van der Waals surface area contributed by atoms with E-state index in [4.69, 9.17) is 4.74 Å². The Morgan fingerprint density at radius 3 is 2.48 bits per heavy atom. The second-order valence-electron chi connectivity index (χ2n) is 7.83. The van der Waals surface area contributed by atoms with Gasteiger partial charge in [0.1, 0.15) is 0 Å². The maximum Gasteiger partial charge on any atom is 0.191 e. The fraction of sp³-hybridized carbons (Fsp3) is 0.800. The molecule has 0 radical (unpaired) electrons. The molecule has 2 heterocycles. The highest BCUT2D eigenvalue weighted by Crippen LogP contribution is 2.13. The van der Waals surface area contributed by atoms with Crippen LogP contribution in [0, 0.1) is 19.8 Å². The van der Waals surface area contributed by atoms with Crippen LogP contribution in [0.15, 0.2) is 4.99 Å². The highest BCUT2D eigenvalue weighted by molar-refractivity contribution is 5.79. The number of nitrogens with one attached hydrogen (secondary N) is 2. The van der Waals surface area contributed by atoms with Crippen molar-refractivity contribution in [1.29, 1.82) is 0 Å². The number of hydrogen-bond acceptors (Lipinski definition) is 4. The molecule has 1 saturated heterocycles. The Bertz CT molecular complexity index is 604. The third-order valence-electron chi connectivity index (χ3n) is 5.36. The summed E-state index contributed by atoms with van der Waals surface area (Å²) in [6.45, 7) is 14.3. The Morgan fingerprint density at radius 2 is 1.93 bits per heavy atom. The molecule has 27 heavy (non-hydrogen) atoms. The molecular formula is C20H38N6O. The van der Waals surface area contributed by atoms with Crippen molar-refractivity contribution in [2.45, 2.75) is 46.6 Å². The predicted molar refractivity (Wildman–Crippen MR) is 111 cm³/mol.